The van der Waals surface area contributed by atoms with Crippen LogP contribution in [0.3, 0.4) is 0 Å². The lowest BCUT2D eigenvalue weighted by atomic mass is 10.00. The molecule has 0 bridgehead atoms. The second-order valence-electron chi connectivity index (χ2n) is 6.07. The number of piperazine rings is 1. The van der Waals surface area contributed by atoms with Crippen molar-refractivity contribution in [1.29, 1.82) is 0 Å². The number of para-hydroxylation sites is 1. The molecule has 138 valence electrons. The number of ether oxygens (including phenoxy) is 1. The van der Waals surface area contributed by atoms with Crippen molar-refractivity contribution < 1.29 is 4.74 Å². The van der Waals surface area contributed by atoms with Gasteiger partial charge in [0.2, 0.25) is 0 Å². The molecule has 1 saturated heterocycles. The zero-order chi connectivity index (χ0) is 15.9. The van der Waals surface area contributed by atoms with E-state index in [2.05, 4.69) is 41.4 Å². The first-order valence-corrected chi connectivity index (χ1v) is 8.64. The molecule has 3 nitrogen and oxygen atoms in total. The number of nitrogens with zero attached hydrogens (tertiary/aromatic N) is 1. The van der Waals surface area contributed by atoms with Crippen LogP contribution >= 0.6 is 24.8 Å². The predicted octanol–water partition coefficient (Wildman–Crippen LogP) is 5.07. The molecule has 2 aromatic carbocycles. The number of hydrogen-bond acceptors (Lipinski definition) is 3. The lowest BCUT2D eigenvalue weighted by molar-refractivity contribution is 0.164. The smallest absolute Gasteiger partial charge is 0.127 e. The molecule has 0 radical (unpaired) electrons. The molecule has 0 aliphatic carbocycles. The van der Waals surface area contributed by atoms with Crippen molar-refractivity contribution in [3.05, 3.63) is 60.2 Å². The Morgan fingerprint density at radius 1 is 0.920 bits per heavy atom. The van der Waals surface area contributed by atoms with E-state index < -0.39 is 0 Å². The molecule has 0 spiro atoms. The van der Waals surface area contributed by atoms with Crippen LogP contribution in [0.1, 0.15) is 31.4 Å². The van der Waals surface area contributed by atoms with E-state index in [0.717, 1.165) is 37.7 Å². The van der Waals surface area contributed by atoms with Crippen LogP contribution in [0.4, 0.5) is 0 Å². The highest BCUT2D eigenvalue weighted by Gasteiger charge is 2.21. The summed E-state index contributed by atoms with van der Waals surface area (Å²) in [4.78, 5) is 2.60. The molecule has 0 unspecified atom stereocenters. The van der Waals surface area contributed by atoms with Gasteiger partial charge in [-0.25, -0.2) is 0 Å². The lowest BCUT2D eigenvalue weighted by Gasteiger charge is -2.35. The van der Waals surface area contributed by atoms with Crippen molar-refractivity contribution in [2.24, 2.45) is 0 Å². The summed E-state index contributed by atoms with van der Waals surface area (Å²) in [5.41, 5.74) is 1.40. The van der Waals surface area contributed by atoms with Gasteiger partial charge in [-0.1, -0.05) is 43.7 Å². The lowest BCUT2D eigenvalue weighted by Crippen LogP contribution is -2.45. The standard InChI is InChI=1S/C20H26N2O.2ClH/c1-2-6-20(22-15-13-21-14-16-22)17-9-11-19(12-10-17)23-18-7-4-3-5-8-18;;/h3-5,7-12,20-21H,2,6,13-16H2,1H3;2*1H/t20-;;/m1../s1. The number of hydrogen-bond donors (Lipinski definition) is 1. The third-order valence-corrected chi connectivity index (χ3v) is 4.40. The summed E-state index contributed by atoms with van der Waals surface area (Å²) in [6.45, 7) is 6.72. The van der Waals surface area contributed by atoms with Gasteiger partial charge in [0.05, 0.1) is 0 Å². The Labute approximate surface area is 163 Å². The maximum absolute atomic E-state index is 5.89. The largest absolute Gasteiger partial charge is 0.457 e. The van der Waals surface area contributed by atoms with Crippen molar-refractivity contribution in [2.75, 3.05) is 26.2 Å². The highest BCUT2D eigenvalue weighted by Crippen LogP contribution is 2.29. The molecule has 25 heavy (non-hydrogen) atoms. The van der Waals surface area contributed by atoms with E-state index in [0.29, 0.717) is 6.04 Å². The van der Waals surface area contributed by atoms with Crippen LogP contribution in [-0.2, 0) is 0 Å². The SMILES string of the molecule is CCC[C@H](c1ccc(Oc2ccccc2)cc1)N1CCNCC1.Cl.Cl. The summed E-state index contributed by atoms with van der Waals surface area (Å²) in [5, 5.41) is 3.44. The molecular formula is C20H28Cl2N2O. The van der Waals surface area contributed by atoms with Crippen LogP contribution in [0.25, 0.3) is 0 Å². The van der Waals surface area contributed by atoms with E-state index in [1.165, 1.54) is 18.4 Å². The summed E-state index contributed by atoms with van der Waals surface area (Å²) in [6, 6.07) is 19.1. The topological polar surface area (TPSA) is 24.5 Å². The maximum atomic E-state index is 5.89. The Bertz CT molecular complexity index is 586. The van der Waals surface area contributed by atoms with Crippen LogP contribution in [0.2, 0.25) is 0 Å². The molecular weight excluding hydrogens is 355 g/mol. The van der Waals surface area contributed by atoms with Gasteiger partial charge in [-0.2, -0.15) is 0 Å². The minimum absolute atomic E-state index is 0. The molecule has 2 aromatic rings. The van der Waals surface area contributed by atoms with Gasteiger partial charge in [-0.05, 0) is 36.2 Å². The van der Waals surface area contributed by atoms with E-state index in [1.54, 1.807) is 0 Å². The van der Waals surface area contributed by atoms with Crippen LogP contribution in [0.15, 0.2) is 54.6 Å². The Morgan fingerprint density at radius 3 is 2.12 bits per heavy atom. The maximum Gasteiger partial charge on any atom is 0.127 e. The Hall–Kier alpha value is -1.26. The molecule has 1 aliphatic heterocycles. The Kier molecular flexibility index (Phi) is 9.91. The number of halogens is 2. The molecule has 1 fully saturated rings. The molecule has 0 aromatic heterocycles. The highest BCUT2D eigenvalue weighted by atomic mass is 35.5. The fraction of sp³-hybridized carbons (Fsp3) is 0.400. The molecule has 1 heterocycles. The first-order valence-electron chi connectivity index (χ1n) is 8.64. The third-order valence-electron chi connectivity index (χ3n) is 4.40. The Morgan fingerprint density at radius 2 is 1.52 bits per heavy atom. The predicted molar refractivity (Wildman–Crippen MR) is 110 cm³/mol. The van der Waals surface area contributed by atoms with Gasteiger partial charge in [-0.3, -0.25) is 4.90 Å². The van der Waals surface area contributed by atoms with Crippen LogP contribution in [0.5, 0.6) is 11.5 Å². The number of nitrogens with one attached hydrogen (secondary N) is 1. The first kappa shape index (κ1) is 21.8. The van der Waals surface area contributed by atoms with Gasteiger partial charge in [0.1, 0.15) is 11.5 Å². The number of rotatable bonds is 6. The summed E-state index contributed by atoms with van der Waals surface area (Å²) in [7, 11) is 0. The average molecular weight is 383 g/mol. The van der Waals surface area contributed by atoms with E-state index in [9.17, 15) is 0 Å². The van der Waals surface area contributed by atoms with Crippen molar-refractivity contribution in [3.8, 4) is 11.5 Å². The summed E-state index contributed by atoms with van der Waals surface area (Å²) < 4.78 is 5.89. The summed E-state index contributed by atoms with van der Waals surface area (Å²) in [5.74, 6) is 1.78. The fourth-order valence-electron chi connectivity index (χ4n) is 3.21. The number of benzene rings is 2. The van der Waals surface area contributed by atoms with Crippen molar-refractivity contribution in [2.45, 2.75) is 25.8 Å². The molecule has 5 heteroatoms. The van der Waals surface area contributed by atoms with Gasteiger partial charge in [0, 0.05) is 32.2 Å². The van der Waals surface area contributed by atoms with Crippen LogP contribution in [-0.4, -0.2) is 31.1 Å². The third kappa shape index (κ3) is 6.19. The van der Waals surface area contributed by atoms with E-state index in [4.69, 9.17) is 4.74 Å². The van der Waals surface area contributed by atoms with Crippen molar-refractivity contribution in [3.63, 3.8) is 0 Å². The van der Waals surface area contributed by atoms with E-state index >= 15 is 0 Å². The average Bonchev–Trinajstić information content (AvgIpc) is 2.62. The van der Waals surface area contributed by atoms with Gasteiger partial charge >= 0.3 is 0 Å². The van der Waals surface area contributed by atoms with Crippen LogP contribution < -0.4 is 10.1 Å². The molecule has 3 rings (SSSR count). The van der Waals surface area contributed by atoms with Gasteiger partial charge in [0.15, 0.2) is 0 Å². The van der Waals surface area contributed by atoms with Gasteiger partial charge in [0.25, 0.3) is 0 Å². The van der Waals surface area contributed by atoms with Crippen molar-refractivity contribution in [1.82, 2.24) is 10.2 Å². The second kappa shape index (κ2) is 11.4. The molecule has 1 atom stereocenters. The first-order chi connectivity index (χ1) is 11.4. The molecule has 0 saturated carbocycles. The monoisotopic (exact) mass is 382 g/mol. The van der Waals surface area contributed by atoms with Gasteiger partial charge < -0.3 is 10.1 Å². The zero-order valence-corrected chi connectivity index (χ0v) is 16.3. The normalized spacial score (nSPS) is 15.6. The van der Waals surface area contributed by atoms with E-state index in [-0.39, 0.29) is 24.8 Å². The Balaban J connectivity index is 0.00000156. The zero-order valence-electron chi connectivity index (χ0n) is 14.7. The second-order valence-corrected chi connectivity index (χ2v) is 6.07. The minimum atomic E-state index is 0. The van der Waals surface area contributed by atoms with Crippen LogP contribution in [0, 0.1) is 0 Å². The van der Waals surface area contributed by atoms with Crippen molar-refractivity contribution >= 4 is 24.8 Å². The summed E-state index contributed by atoms with van der Waals surface area (Å²) in [6.07, 6.45) is 2.41. The quantitative estimate of drug-likeness (QED) is 0.754. The molecule has 0 amide bonds. The summed E-state index contributed by atoms with van der Waals surface area (Å²) >= 11 is 0. The van der Waals surface area contributed by atoms with E-state index in [1.807, 2.05) is 30.3 Å². The molecule has 1 N–H and O–H groups in total. The molecule has 1 aliphatic rings. The van der Waals surface area contributed by atoms with Gasteiger partial charge in [-0.15, -0.1) is 24.8 Å². The fourth-order valence-corrected chi connectivity index (χ4v) is 3.21. The highest BCUT2D eigenvalue weighted by molar-refractivity contribution is 5.85. The minimum Gasteiger partial charge on any atom is -0.457 e.